The quantitative estimate of drug-likeness (QED) is 0.321. The SMILES string of the molecule is O[PH](c1ccccc1)(c1ccccc1)c1cccc(-c2nc3c(nc4ccccn43)c3ccccc23)c1. The van der Waals surface area contributed by atoms with Crippen LogP contribution in [-0.4, -0.2) is 19.3 Å². The summed E-state index contributed by atoms with van der Waals surface area (Å²) in [6.07, 6.45) is 2.00. The minimum atomic E-state index is -3.24. The molecule has 4 aromatic carbocycles. The van der Waals surface area contributed by atoms with Crippen molar-refractivity contribution in [3.8, 4) is 11.3 Å². The number of rotatable bonds is 4. The Morgan fingerprint density at radius 1 is 0.568 bits per heavy atom. The zero-order valence-corrected chi connectivity index (χ0v) is 21.0. The molecule has 0 saturated heterocycles. The molecule has 0 atom stereocenters. The fourth-order valence-corrected chi connectivity index (χ4v) is 8.35. The van der Waals surface area contributed by atoms with E-state index < -0.39 is 7.49 Å². The van der Waals surface area contributed by atoms with E-state index in [0.29, 0.717) is 0 Å². The average Bonchev–Trinajstić information content (AvgIpc) is 3.36. The Balaban J connectivity index is 1.50. The first-order valence-electron chi connectivity index (χ1n) is 12.3. The number of nitrogens with zero attached hydrogens (tertiary/aromatic N) is 3. The first-order chi connectivity index (χ1) is 18.2. The third-order valence-corrected chi connectivity index (χ3v) is 10.6. The van der Waals surface area contributed by atoms with Gasteiger partial charge < -0.3 is 0 Å². The Kier molecular flexibility index (Phi) is 5.10. The van der Waals surface area contributed by atoms with E-state index in [2.05, 4.69) is 24.3 Å². The summed E-state index contributed by atoms with van der Waals surface area (Å²) in [6.45, 7) is 0. The number of hydrogen-bond donors (Lipinski definition) is 1. The van der Waals surface area contributed by atoms with Gasteiger partial charge in [-0.15, -0.1) is 0 Å². The summed E-state index contributed by atoms with van der Waals surface area (Å²) in [7, 11) is -3.24. The van der Waals surface area contributed by atoms with Gasteiger partial charge in [0.05, 0.1) is 0 Å². The molecule has 0 saturated carbocycles. The molecule has 4 nitrogen and oxygen atoms in total. The number of aromatic nitrogens is 3. The van der Waals surface area contributed by atoms with Crippen molar-refractivity contribution in [2.45, 2.75) is 0 Å². The summed E-state index contributed by atoms with van der Waals surface area (Å²) in [5.41, 5.74) is 4.44. The fraction of sp³-hybridized carbons (Fsp3) is 0. The van der Waals surface area contributed by atoms with Crippen LogP contribution in [0.1, 0.15) is 0 Å². The van der Waals surface area contributed by atoms with Gasteiger partial charge in [-0.25, -0.2) is 0 Å². The predicted molar refractivity (Wildman–Crippen MR) is 156 cm³/mol. The molecule has 1 N–H and O–H groups in total. The van der Waals surface area contributed by atoms with E-state index in [0.717, 1.165) is 54.8 Å². The van der Waals surface area contributed by atoms with Crippen LogP contribution in [0.25, 0.3) is 38.8 Å². The Hall–Kier alpha value is -4.37. The van der Waals surface area contributed by atoms with Crippen LogP contribution in [0.4, 0.5) is 0 Å². The maximum atomic E-state index is 12.5. The summed E-state index contributed by atoms with van der Waals surface area (Å²) < 4.78 is 2.04. The van der Waals surface area contributed by atoms with Crippen LogP contribution >= 0.6 is 7.49 Å². The Bertz CT molecular complexity index is 1860. The van der Waals surface area contributed by atoms with Crippen molar-refractivity contribution < 1.29 is 4.89 Å². The summed E-state index contributed by atoms with van der Waals surface area (Å²) >= 11 is 0. The number of benzene rings is 4. The third-order valence-electron chi connectivity index (χ3n) is 7.10. The molecule has 0 aliphatic rings. The molecule has 3 heterocycles. The van der Waals surface area contributed by atoms with Crippen LogP contribution in [-0.2, 0) is 0 Å². The molecular formula is C32H24N3OP. The van der Waals surface area contributed by atoms with Gasteiger partial charge in [-0.3, -0.25) is 0 Å². The summed E-state index contributed by atoms with van der Waals surface area (Å²) in [5, 5.41) is 4.93. The number of pyridine rings is 2. The van der Waals surface area contributed by atoms with Crippen LogP contribution in [0.15, 0.2) is 134 Å². The molecule has 0 spiro atoms. The van der Waals surface area contributed by atoms with E-state index in [9.17, 15) is 4.89 Å². The van der Waals surface area contributed by atoms with Crippen molar-refractivity contribution >= 4 is 51.0 Å². The van der Waals surface area contributed by atoms with Gasteiger partial charge in [0.1, 0.15) is 0 Å². The van der Waals surface area contributed by atoms with Crippen molar-refractivity contribution in [3.63, 3.8) is 0 Å². The number of hydrogen-bond acceptors (Lipinski definition) is 3. The van der Waals surface area contributed by atoms with Gasteiger partial charge in [-0.1, -0.05) is 0 Å². The van der Waals surface area contributed by atoms with Crippen molar-refractivity contribution in [1.82, 2.24) is 14.4 Å². The van der Waals surface area contributed by atoms with E-state index in [-0.39, 0.29) is 0 Å². The molecule has 3 aromatic heterocycles. The van der Waals surface area contributed by atoms with Crippen molar-refractivity contribution in [2.24, 2.45) is 0 Å². The maximum absolute atomic E-state index is 12.5. The van der Waals surface area contributed by atoms with Gasteiger partial charge in [0, 0.05) is 0 Å². The predicted octanol–water partition coefficient (Wildman–Crippen LogP) is 5.64. The van der Waals surface area contributed by atoms with Crippen LogP contribution in [0.3, 0.4) is 0 Å². The molecular weight excluding hydrogens is 473 g/mol. The van der Waals surface area contributed by atoms with Gasteiger partial charge in [-0.05, 0) is 0 Å². The normalized spacial score (nSPS) is 12.4. The van der Waals surface area contributed by atoms with Crippen molar-refractivity contribution in [3.05, 3.63) is 134 Å². The Morgan fingerprint density at radius 3 is 1.92 bits per heavy atom. The zero-order valence-electron chi connectivity index (χ0n) is 20.0. The Morgan fingerprint density at radius 2 is 1.19 bits per heavy atom. The monoisotopic (exact) mass is 497 g/mol. The second kappa shape index (κ2) is 8.63. The standard InChI is InChI=1S/C32H24N3OP/c36-37(24-13-3-1-4-14-24,25-15-5-2-6-16-25)26-17-11-12-23(22-26)30-27-18-7-8-19-28(27)31-32(34-30)35-21-10-9-20-29(35)33-31/h1-22,36-37H. The second-order valence-corrected chi connectivity index (χ2v) is 12.4. The summed E-state index contributed by atoms with van der Waals surface area (Å²) in [5.74, 6) is 0. The fourth-order valence-electron chi connectivity index (χ4n) is 5.30. The number of imidazole rings is 1. The molecule has 7 rings (SSSR count). The van der Waals surface area contributed by atoms with Gasteiger partial charge in [-0.2, -0.15) is 0 Å². The molecule has 0 aliphatic carbocycles. The van der Waals surface area contributed by atoms with Gasteiger partial charge in [0.15, 0.2) is 0 Å². The van der Waals surface area contributed by atoms with Gasteiger partial charge >= 0.3 is 215 Å². The van der Waals surface area contributed by atoms with Crippen LogP contribution in [0, 0.1) is 0 Å². The summed E-state index contributed by atoms with van der Waals surface area (Å²) in [4.78, 5) is 22.5. The summed E-state index contributed by atoms with van der Waals surface area (Å²) in [6, 6.07) is 42.6. The average molecular weight is 498 g/mol. The molecule has 0 aliphatic heterocycles. The molecule has 5 heteroatoms. The molecule has 7 aromatic rings. The molecule has 0 unspecified atom stereocenters. The molecule has 178 valence electrons. The van der Waals surface area contributed by atoms with E-state index in [4.69, 9.17) is 9.97 Å². The van der Waals surface area contributed by atoms with E-state index in [1.54, 1.807) is 0 Å². The first kappa shape index (κ1) is 21.9. The third kappa shape index (κ3) is 3.46. The van der Waals surface area contributed by atoms with E-state index >= 15 is 0 Å². The van der Waals surface area contributed by atoms with E-state index in [1.807, 2.05) is 114 Å². The second-order valence-electron chi connectivity index (χ2n) is 9.24. The van der Waals surface area contributed by atoms with Crippen LogP contribution in [0.5, 0.6) is 0 Å². The van der Waals surface area contributed by atoms with Gasteiger partial charge in [0.25, 0.3) is 0 Å². The topological polar surface area (TPSA) is 50.4 Å². The molecule has 0 fully saturated rings. The minimum absolute atomic E-state index is 0.827. The zero-order chi connectivity index (χ0) is 24.8. The first-order valence-corrected chi connectivity index (χ1v) is 14.3. The van der Waals surface area contributed by atoms with E-state index in [1.165, 1.54) is 0 Å². The van der Waals surface area contributed by atoms with Gasteiger partial charge in [0.2, 0.25) is 0 Å². The Labute approximate surface area is 214 Å². The number of fused-ring (bicyclic) bond motifs is 5. The molecule has 0 amide bonds. The van der Waals surface area contributed by atoms with Crippen LogP contribution in [0.2, 0.25) is 0 Å². The molecule has 37 heavy (non-hydrogen) atoms. The molecule has 0 bridgehead atoms. The molecule has 0 radical (unpaired) electrons. The van der Waals surface area contributed by atoms with Crippen molar-refractivity contribution in [2.75, 3.05) is 0 Å². The van der Waals surface area contributed by atoms with Crippen molar-refractivity contribution in [1.29, 1.82) is 0 Å². The van der Waals surface area contributed by atoms with Crippen LogP contribution < -0.4 is 15.9 Å².